The van der Waals surface area contributed by atoms with Crippen LogP contribution in [0.3, 0.4) is 0 Å². The molecule has 0 bridgehead atoms. The quantitative estimate of drug-likeness (QED) is 0.842. The molecule has 1 aliphatic heterocycles. The summed E-state index contributed by atoms with van der Waals surface area (Å²) in [6, 6.07) is 6.49. The Bertz CT molecular complexity index is 541. The van der Waals surface area contributed by atoms with E-state index in [-0.39, 0.29) is 0 Å². The van der Waals surface area contributed by atoms with Gasteiger partial charge in [-0.05, 0) is 51.1 Å². The minimum absolute atomic E-state index is 0.555. The van der Waals surface area contributed by atoms with Gasteiger partial charge >= 0.3 is 0 Å². The third kappa shape index (κ3) is 1.94. The van der Waals surface area contributed by atoms with Gasteiger partial charge in [-0.3, -0.25) is 0 Å². The third-order valence-electron chi connectivity index (χ3n) is 3.50. The highest BCUT2D eigenvalue weighted by molar-refractivity contribution is 6.31. The molecule has 3 rings (SSSR count). The molecule has 0 saturated carbocycles. The number of aryl methyl sites for hydroxylation is 1. The number of piperidine rings is 1. The minimum atomic E-state index is 0.555. The fourth-order valence-electron chi connectivity index (χ4n) is 2.71. The molecule has 1 aliphatic rings. The van der Waals surface area contributed by atoms with Crippen molar-refractivity contribution in [2.24, 2.45) is 0 Å². The van der Waals surface area contributed by atoms with Crippen LogP contribution in [0.15, 0.2) is 18.2 Å². The molecule has 1 fully saturated rings. The van der Waals surface area contributed by atoms with Gasteiger partial charge in [-0.25, -0.2) is 4.98 Å². The molecule has 1 N–H and O–H groups in total. The van der Waals surface area contributed by atoms with Crippen molar-refractivity contribution in [1.82, 2.24) is 14.9 Å². The summed E-state index contributed by atoms with van der Waals surface area (Å²) in [5.41, 5.74) is 2.22. The van der Waals surface area contributed by atoms with Crippen LogP contribution in [0.5, 0.6) is 0 Å². The summed E-state index contributed by atoms with van der Waals surface area (Å²) in [4.78, 5) is 4.61. The third-order valence-corrected chi connectivity index (χ3v) is 3.74. The van der Waals surface area contributed by atoms with E-state index in [0.717, 1.165) is 29.5 Å². The maximum absolute atomic E-state index is 6.09. The normalized spacial score (nSPS) is 17.8. The lowest BCUT2D eigenvalue weighted by Crippen LogP contribution is -2.29. The van der Waals surface area contributed by atoms with Crippen molar-refractivity contribution in [2.45, 2.75) is 25.8 Å². The van der Waals surface area contributed by atoms with Crippen LogP contribution in [-0.2, 0) is 0 Å². The standard InChI is InChI=1S/C13H16ClN3/c1-9-16-12-3-2-10(14)8-13(12)17(9)11-4-6-15-7-5-11/h2-3,8,11,15H,4-7H2,1H3. The van der Waals surface area contributed by atoms with Gasteiger partial charge in [0.1, 0.15) is 5.82 Å². The average Bonchev–Trinajstić information content (AvgIpc) is 2.65. The van der Waals surface area contributed by atoms with E-state index >= 15 is 0 Å². The SMILES string of the molecule is Cc1nc2ccc(Cl)cc2n1C1CCNCC1. The molecule has 2 heterocycles. The Hall–Kier alpha value is -1.06. The number of nitrogens with one attached hydrogen (secondary N) is 1. The van der Waals surface area contributed by atoms with E-state index in [1.165, 1.54) is 18.4 Å². The van der Waals surface area contributed by atoms with Crippen LogP contribution in [0.25, 0.3) is 11.0 Å². The molecule has 0 aliphatic carbocycles. The second-order valence-corrected chi connectivity index (χ2v) is 5.08. The molecule has 2 aromatic rings. The van der Waals surface area contributed by atoms with Gasteiger partial charge in [0, 0.05) is 11.1 Å². The van der Waals surface area contributed by atoms with Crippen molar-refractivity contribution < 1.29 is 0 Å². The Balaban J connectivity index is 2.13. The van der Waals surface area contributed by atoms with Crippen LogP contribution in [0, 0.1) is 6.92 Å². The molecule has 3 nitrogen and oxygen atoms in total. The molecule has 1 saturated heterocycles. The van der Waals surface area contributed by atoms with Gasteiger partial charge in [0.25, 0.3) is 0 Å². The Morgan fingerprint density at radius 2 is 2.12 bits per heavy atom. The topological polar surface area (TPSA) is 29.9 Å². The molecule has 0 radical (unpaired) electrons. The number of rotatable bonds is 1. The van der Waals surface area contributed by atoms with Crippen LogP contribution in [0.2, 0.25) is 5.02 Å². The average molecular weight is 250 g/mol. The summed E-state index contributed by atoms with van der Waals surface area (Å²) < 4.78 is 2.35. The van der Waals surface area contributed by atoms with E-state index < -0.39 is 0 Å². The zero-order chi connectivity index (χ0) is 11.8. The van der Waals surface area contributed by atoms with E-state index in [9.17, 15) is 0 Å². The zero-order valence-electron chi connectivity index (χ0n) is 9.91. The van der Waals surface area contributed by atoms with Gasteiger partial charge in [-0.15, -0.1) is 0 Å². The van der Waals surface area contributed by atoms with Crippen LogP contribution in [0.4, 0.5) is 0 Å². The number of fused-ring (bicyclic) bond motifs is 1. The first-order valence-corrected chi connectivity index (χ1v) is 6.48. The lowest BCUT2D eigenvalue weighted by Gasteiger charge is -2.25. The molecule has 4 heteroatoms. The molecule has 1 aromatic heterocycles. The van der Waals surface area contributed by atoms with Crippen LogP contribution < -0.4 is 5.32 Å². The van der Waals surface area contributed by atoms with E-state index in [4.69, 9.17) is 11.6 Å². The predicted molar refractivity (Wildman–Crippen MR) is 70.6 cm³/mol. The van der Waals surface area contributed by atoms with E-state index in [0.29, 0.717) is 6.04 Å². The van der Waals surface area contributed by atoms with E-state index in [2.05, 4.69) is 21.8 Å². The number of nitrogens with zero attached hydrogens (tertiary/aromatic N) is 2. The molecule has 0 spiro atoms. The summed E-state index contributed by atoms with van der Waals surface area (Å²) >= 11 is 6.09. The lowest BCUT2D eigenvalue weighted by molar-refractivity contribution is 0.370. The Kier molecular flexibility index (Phi) is 2.81. The Morgan fingerprint density at radius 3 is 2.88 bits per heavy atom. The van der Waals surface area contributed by atoms with Gasteiger partial charge in [0.15, 0.2) is 0 Å². The second kappa shape index (κ2) is 4.31. The number of imidazole rings is 1. The zero-order valence-corrected chi connectivity index (χ0v) is 10.7. The van der Waals surface area contributed by atoms with E-state index in [1.807, 2.05) is 18.2 Å². The number of aromatic nitrogens is 2. The first-order valence-electron chi connectivity index (χ1n) is 6.10. The van der Waals surface area contributed by atoms with Crippen LogP contribution in [-0.4, -0.2) is 22.6 Å². The van der Waals surface area contributed by atoms with Gasteiger partial charge < -0.3 is 9.88 Å². The fourth-order valence-corrected chi connectivity index (χ4v) is 2.88. The van der Waals surface area contributed by atoms with Gasteiger partial charge in [-0.1, -0.05) is 11.6 Å². The van der Waals surface area contributed by atoms with Crippen molar-refractivity contribution >= 4 is 22.6 Å². The minimum Gasteiger partial charge on any atom is -0.325 e. The Morgan fingerprint density at radius 1 is 1.35 bits per heavy atom. The number of benzene rings is 1. The van der Waals surface area contributed by atoms with Crippen molar-refractivity contribution in [1.29, 1.82) is 0 Å². The van der Waals surface area contributed by atoms with Crippen LogP contribution in [0.1, 0.15) is 24.7 Å². The highest BCUT2D eigenvalue weighted by Gasteiger charge is 2.19. The molecule has 0 atom stereocenters. The highest BCUT2D eigenvalue weighted by atomic mass is 35.5. The van der Waals surface area contributed by atoms with Crippen molar-refractivity contribution in [3.63, 3.8) is 0 Å². The highest BCUT2D eigenvalue weighted by Crippen LogP contribution is 2.28. The smallest absolute Gasteiger partial charge is 0.106 e. The molecule has 0 amide bonds. The summed E-state index contributed by atoms with van der Waals surface area (Å²) in [5.74, 6) is 1.09. The molecular weight excluding hydrogens is 234 g/mol. The molecule has 17 heavy (non-hydrogen) atoms. The largest absolute Gasteiger partial charge is 0.325 e. The van der Waals surface area contributed by atoms with Gasteiger partial charge in [0.2, 0.25) is 0 Å². The second-order valence-electron chi connectivity index (χ2n) is 4.64. The number of hydrogen-bond donors (Lipinski definition) is 1. The summed E-state index contributed by atoms with van der Waals surface area (Å²) in [6.07, 6.45) is 2.33. The van der Waals surface area contributed by atoms with Crippen LogP contribution >= 0.6 is 11.6 Å². The molecular formula is C13H16ClN3. The molecule has 1 aromatic carbocycles. The van der Waals surface area contributed by atoms with Crippen molar-refractivity contribution in [3.8, 4) is 0 Å². The lowest BCUT2D eigenvalue weighted by atomic mass is 10.1. The number of halogens is 1. The Labute approximate surface area is 106 Å². The van der Waals surface area contributed by atoms with Crippen molar-refractivity contribution in [2.75, 3.05) is 13.1 Å². The number of hydrogen-bond acceptors (Lipinski definition) is 2. The fraction of sp³-hybridized carbons (Fsp3) is 0.462. The maximum Gasteiger partial charge on any atom is 0.106 e. The van der Waals surface area contributed by atoms with Gasteiger partial charge in [0.05, 0.1) is 11.0 Å². The summed E-state index contributed by atoms with van der Waals surface area (Å²) in [7, 11) is 0. The predicted octanol–water partition coefficient (Wildman–Crippen LogP) is 2.92. The summed E-state index contributed by atoms with van der Waals surface area (Å²) in [5, 5.41) is 4.18. The molecule has 0 unspecified atom stereocenters. The molecule has 90 valence electrons. The first-order chi connectivity index (χ1) is 8.25. The maximum atomic E-state index is 6.09. The monoisotopic (exact) mass is 249 g/mol. The van der Waals surface area contributed by atoms with Crippen molar-refractivity contribution in [3.05, 3.63) is 29.0 Å². The first kappa shape index (κ1) is 11.1. The van der Waals surface area contributed by atoms with E-state index in [1.54, 1.807) is 0 Å². The summed E-state index contributed by atoms with van der Waals surface area (Å²) in [6.45, 7) is 4.25. The van der Waals surface area contributed by atoms with Gasteiger partial charge in [-0.2, -0.15) is 0 Å².